The van der Waals surface area contributed by atoms with E-state index in [1.54, 1.807) is 0 Å². The van der Waals surface area contributed by atoms with Crippen molar-refractivity contribution >= 4 is 64.2 Å². The maximum Gasteiger partial charge on any atom is 0.356 e. The summed E-state index contributed by atoms with van der Waals surface area (Å²) >= 11 is 13.2. The third-order valence-corrected chi connectivity index (χ3v) is 15.7. The van der Waals surface area contributed by atoms with Crippen molar-refractivity contribution in [3.63, 3.8) is 0 Å². The second-order valence-electron chi connectivity index (χ2n) is 18.6. The van der Waals surface area contributed by atoms with E-state index in [2.05, 4.69) is 47.0 Å². The Bertz CT molecular complexity index is 3340. The first-order chi connectivity index (χ1) is 37.8. The molecule has 2 N–H and O–H groups in total. The molecule has 2 aliphatic rings. The van der Waals surface area contributed by atoms with E-state index in [4.69, 9.17) is 43.9 Å². The number of oxime groups is 1. The number of halogens is 1. The summed E-state index contributed by atoms with van der Waals surface area (Å²) in [7, 11) is 0. The van der Waals surface area contributed by atoms with Crippen molar-refractivity contribution in [2.75, 3.05) is 5.32 Å². The van der Waals surface area contributed by atoms with Crippen LogP contribution in [0.3, 0.4) is 0 Å². The molecule has 1 aromatic heterocycles. The van der Waals surface area contributed by atoms with Crippen LogP contribution in [0.4, 0.5) is 5.13 Å². The van der Waals surface area contributed by atoms with Crippen LogP contribution < -0.4 is 10.6 Å². The zero-order chi connectivity index (χ0) is 52.8. The van der Waals surface area contributed by atoms with Gasteiger partial charge < -0.3 is 20.2 Å². The van der Waals surface area contributed by atoms with Crippen LogP contribution in [0.5, 0.6) is 0 Å². The first-order valence-electron chi connectivity index (χ1n) is 25.2. The van der Waals surface area contributed by atoms with E-state index in [-0.39, 0.29) is 21.4 Å². The number of hydrogen-bond donors (Lipinski definition) is 3. The maximum atomic E-state index is 15.4. The molecule has 0 spiro atoms. The first-order valence-corrected chi connectivity index (χ1v) is 26.8. The molecule has 9 aromatic rings. The molecule has 380 valence electrons. The average molecular weight is 1070 g/mol. The number of thiazole rings is 1. The molecule has 3 heterocycles. The van der Waals surface area contributed by atoms with Gasteiger partial charge in [-0.1, -0.05) is 271 Å². The van der Waals surface area contributed by atoms with E-state index in [1.165, 1.54) is 4.90 Å². The number of allylic oxidation sites excluding steroid dienone is 1. The molecular formula is C64H50ClN5O5S2. The van der Waals surface area contributed by atoms with Crippen molar-refractivity contribution in [2.24, 2.45) is 5.16 Å². The highest BCUT2D eigenvalue weighted by molar-refractivity contribution is 7.84. The largest absolute Gasteiger partial charge is 0.448 e. The zero-order valence-electron chi connectivity index (χ0n) is 41.4. The number of nitrogens with one attached hydrogen (secondary N) is 2. The molecule has 10 nitrogen and oxygen atoms in total. The molecule has 1 fully saturated rings. The Morgan fingerprint density at radius 1 is 0.623 bits per heavy atom. The first kappa shape index (κ1) is 50.6. The fraction of sp³-hybridized carbons (Fsp3) is 0.109. The summed E-state index contributed by atoms with van der Waals surface area (Å²) in [4.78, 5) is 58.3. The number of carbonyl (C=O) groups excluding carboxylic acids is 3. The van der Waals surface area contributed by atoms with Gasteiger partial charge in [-0.15, -0.1) is 12.6 Å². The normalized spacial score (nSPS) is 15.5. The Kier molecular flexibility index (Phi) is 14.7. The zero-order valence-corrected chi connectivity index (χ0v) is 43.8. The number of fused-ring (bicyclic) bond motifs is 1. The minimum Gasteiger partial charge on any atom is -0.448 e. The van der Waals surface area contributed by atoms with Crippen molar-refractivity contribution in [2.45, 2.75) is 42.2 Å². The Balaban J connectivity index is 0.988. The monoisotopic (exact) mass is 1070 g/mol. The van der Waals surface area contributed by atoms with E-state index in [9.17, 15) is 9.59 Å². The topological polar surface area (TPSA) is 122 Å². The molecule has 13 heteroatoms. The number of thiol groups is 1. The molecule has 8 aromatic carbocycles. The van der Waals surface area contributed by atoms with Crippen LogP contribution in [-0.4, -0.2) is 45.5 Å². The highest BCUT2D eigenvalue weighted by Gasteiger charge is 2.54. The van der Waals surface area contributed by atoms with Crippen LogP contribution in [0.25, 0.3) is 0 Å². The lowest BCUT2D eigenvalue weighted by molar-refractivity contribution is -0.158. The summed E-state index contributed by atoms with van der Waals surface area (Å²) in [6, 6.07) is 76.3. The van der Waals surface area contributed by atoms with E-state index >= 15 is 4.79 Å². The smallest absolute Gasteiger partial charge is 0.356 e. The van der Waals surface area contributed by atoms with Gasteiger partial charge in [0.1, 0.15) is 27.3 Å². The minimum absolute atomic E-state index is 0.0183. The number of anilines is 1. The number of esters is 1. The summed E-state index contributed by atoms with van der Waals surface area (Å²) in [6.07, 6.45) is -0.00641. The van der Waals surface area contributed by atoms with Gasteiger partial charge in [0, 0.05) is 21.6 Å². The number of aromatic nitrogens is 1. The third kappa shape index (κ3) is 9.83. The third-order valence-electron chi connectivity index (χ3n) is 14.1. The summed E-state index contributed by atoms with van der Waals surface area (Å²) in [5.41, 5.74) is 3.86. The van der Waals surface area contributed by atoms with Crippen molar-refractivity contribution in [1.82, 2.24) is 15.2 Å². The van der Waals surface area contributed by atoms with Crippen LogP contribution in [0.2, 0.25) is 4.34 Å². The van der Waals surface area contributed by atoms with Gasteiger partial charge in [0.15, 0.2) is 16.9 Å². The number of carbonyl (C=O) groups is 3. The van der Waals surface area contributed by atoms with Gasteiger partial charge >= 0.3 is 5.97 Å². The number of hydrogen-bond acceptors (Lipinski definition) is 10. The number of benzene rings is 8. The Morgan fingerprint density at radius 2 is 1.03 bits per heavy atom. The molecule has 2 amide bonds. The van der Waals surface area contributed by atoms with E-state index in [1.807, 2.05) is 206 Å². The molecule has 0 radical (unpaired) electrons. The second-order valence-corrected chi connectivity index (χ2v) is 20.7. The number of nitrogens with zero attached hydrogens (tertiary/aromatic N) is 3. The van der Waals surface area contributed by atoms with Crippen molar-refractivity contribution < 1.29 is 24.0 Å². The second kappa shape index (κ2) is 22.3. The predicted molar refractivity (Wildman–Crippen MR) is 305 cm³/mol. The molecule has 11 rings (SSSR count). The van der Waals surface area contributed by atoms with Gasteiger partial charge in [0.25, 0.3) is 11.8 Å². The standard InChI is InChI=1S/C64H50ClN5O5S2/c65-58-54(67-62(77-58)68-63(45-29-13-3-14-30-45,46-31-15-4-16-32-46)47-33-17-5-18-34-47)55(69-75-64(48-35-19-6-20-36-48,49-37-21-7-22-38-49)50-39-23-8-24-40-50)59(71)66-53-51-41-42-52(76)56(70(51)60(53)72)61(73)74-57(43-25-9-1-10-26-43)44-27-11-2-12-28-44/h1-40,51,53,57,76H,41-42H2,(H,66,71)(H,67,68)/b69-55-. The number of β-lactam (4-membered cyclic amide) rings is 1. The number of rotatable bonds is 17. The molecule has 2 unspecified atom stereocenters. The van der Waals surface area contributed by atoms with Crippen LogP contribution in [0, 0.1) is 0 Å². The lowest BCUT2D eigenvalue weighted by atomic mass is 9.77. The fourth-order valence-corrected chi connectivity index (χ4v) is 11.8. The summed E-state index contributed by atoms with van der Waals surface area (Å²) < 4.78 is 6.40. The van der Waals surface area contributed by atoms with Gasteiger partial charge in [-0.25, -0.2) is 9.78 Å². The molecule has 0 saturated carbocycles. The van der Waals surface area contributed by atoms with Gasteiger partial charge in [-0.3, -0.25) is 14.5 Å². The molecule has 0 bridgehead atoms. The SMILES string of the molecule is O=C(OC(c1ccccc1)c1ccccc1)C1=C(S)CCC2C(NC(=O)/C(=N\OC(c3ccccc3)(c3ccccc3)c3ccccc3)c3nc(NC(c4ccccc4)(c4ccccc4)c4ccccc4)sc3Cl)C(=O)N12. The number of amides is 2. The summed E-state index contributed by atoms with van der Waals surface area (Å²) in [5, 5.41) is 12.0. The van der Waals surface area contributed by atoms with E-state index < -0.39 is 47.1 Å². The van der Waals surface area contributed by atoms with Gasteiger partial charge in [-0.2, -0.15) is 0 Å². The quantitative estimate of drug-likeness (QED) is 0.0207. The molecule has 77 heavy (non-hydrogen) atoms. The number of ether oxygens (including phenoxy) is 1. The summed E-state index contributed by atoms with van der Waals surface area (Å²) in [5.74, 6) is -2.00. The van der Waals surface area contributed by atoms with Crippen molar-refractivity contribution in [1.29, 1.82) is 0 Å². The van der Waals surface area contributed by atoms with E-state index in [0.29, 0.717) is 22.9 Å². The predicted octanol–water partition coefficient (Wildman–Crippen LogP) is 12.9. The highest BCUT2D eigenvalue weighted by atomic mass is 35.5. The Labute approximate surface area is 461 Å². The van der Waals surface area contributed by atoms with Crippen LogP contribution in [-0.2, 0) is 35.1 Å². The van der Waals surface area contributed by atoms with Crippen LogP contribution in [0.15, 0.2) is 258 Å². The highest BCUT2D eigenvalue weighted by Crippen LogP contribution is 2.45. The maximum absolute atomic E-state index is 15.4. The van der Waals surface area contributed by atoms with Crippen LogP contribution >= 0.6 is 35.6 Å². The Hall–Kier alpha value is -8.55. The Morgan fingerprint density at radius 3 is 1.45 bits per heavy atom. The average Bonchev–Trinajstić information content (AvgIpc) is 3.88. The molecule has 0 aliphatic carbocycles. The molecule has 2 atom stereocenters. The van der Waals surface area contributed by atoms with E-state index in [0.717, 1.165) is 55.8 Å². The molecule has 2 aliphatic heterocycles. The minimum atomic E-state index is -1.41. The molecule has 1 saturated heterocycles. The van der Waals surface area contributed by atoms with Gasteiger partial charge in [0.05, 0.1) is 6.04 Å². The molecular weight excluding hydrogens is 1020 g/mol. The lowest BCUT2D eigenvalue weighted by Gasteiger charge is -2.50. The fourth-order valence-electron chi connectivity index (χ4n) is 10.4. The van der Waals surface area contributed by atoms with Gasteiger partial charge in [-0.05, 0) is 40.7 Å². The lowest BCUT2D eigenvalue weighted by Crippen LogP contribution is -2.72. The van der Waals surface area contributed by atoms with Crippen molar-refractivity contribution in [3.8, 4) is 0 Å². The van der Waals surface area contributed by atoms with Crippen LogP contribution in [0.1, 0.15) is 69.1 Å². The van der Waals surface area contributed by atoms with Crippen molar-refractivity contribution in [3.05, 3.63) is 308 Å². The summed E-state index contributed by atoms with van der Waals surface area (Å²) in [6.45, 7) is 0. The van der Waals surface area contributed by atoms with Gasteiger partial charge in [0.2, 0.25) is 5.60 Å².